The van der Waals surface area contributed by atoms with Crippen LogP contribution in [-0.2, 0) is 17.8 Å². The number of hydrogen-bond acceptors (Lipinski definition) is 5. The second-order valence-corrected chi connectivity index (χ2v) is 7.30. The Labute approximate surface area is 175 Å². The highest BCUT2D eigenvalue weighted by molar-refractivity contribution is 5.81. The normalized spacial score (nSPS) is 10.8. The lowest BCUT2D eigenvalue weighted by Crippen LogP contribution is -2.34. The van der Waals surface area contributed by atoms with E-state index >= 15 is 0 Å². The van der Waals surface area contributed by atoms with Crippen LogP contribution in [0.3, 0.4) is 0 Å². The zero-order valence-electron chi connectivity index (χ0n) is 18.0. The van der Waals surface area contributed by atoms with Crippen LogP contribution in [0.1, 0.15) is 22.4 Å². The van der Waals surface area contributed by atoms with E-state index in [4.69, 9.17) is 9.47 Å². The van der Waals surface area contributed by atoms with Gasteiger partial charge in [-0.2, -0.15) is 0 Å². The van der Waals surface area contributed by atoms with Crippen molar-refractivity contribution in [2.45, 2.75) is 33.7 Å². The molecule has 0 aliphatic heterocycles. The summed E-state index contributed by atoms with van der Waals surface area (Å²) in [5.41, 5.74) is 4.68. The highest BCUT2D eigenvalue weighted by Gasteiger charge is 2.13. The van der Waals surface area contributed by atoms with Crippen LogP contribution in [0.2, 0.25) is 0 Å². The minimum Gasteiger partial charge on any atom is -0.493 e. The van der Waals surface area contributed by atoms with E-state index in [-0.39, 0.29) is 18.0 Å². The molecule has 7 nitrogen and oxygen atoms in total. The molecule has 0 atom stereocenters. The number of rotatable bonds is 7. The number of carbonyl (C=O) groups excluding carboxylic acids is 1. The lowest BCUT2D eigenvalue weighted by atomic mass is 10.1. The zero-order chi connectivity index (χ0) is 21.8. The number of methoxy groups -OCH3 is 2. The van der Waals surface area contributed by atoms with Gasteiger partial charge in [-0.05, 0) is 68.1 Å². The van der Waals surface area contributed by atoms with Gasteiger partial charge in [0.25, 0.3) is 5.56 Å². The SMILES string of the molecule is COc1ccc(CCNC(=O)Cn2c(=O)c(C)nc3cc(C)c(C)cc32)cc1OC. The number of aryl methyl sites for hydroxylation is 3. The summed E-state index contributed by atoms with van der Waals surface area (Å²) in [4.78, 5) is 29.6. The first-order chi connectivity index (χ1) is 14.3. The number of benzene rings is 2. The van der Waals surface area contributed by atoms with Crippen molar-refractivity contribution >= 4 is 16.9 Å². The molecule has 0 aliphatic rings. The van der Waals surface area contributed by atoms with E-state index in [1.54, 1.807) is 21.1 Å². The molecule has 1 amide bonds. The second-order valence-electron chi connectivity index (χ2n) is 7.30. The number of ether oxygens (including phenoxy) is 2. The Morgan fingerprint density at radius 3 is 2.43 bits per heavy atom. The number of fused-ring (bicyclic) bond motifs is 1. The van der Waals surface area contributed by atoms with Crippen molar-refractivity contribution in [1.82, 2.24) is 14.9 Å². The van der Waals surface area contributed by atoms with Crippen LogP contribution in [0.5, 0.6) is 11.5 Å². The van der Waals surface area contributed by atoms with Crippen LogP contribution < -0.4 is 20.3 Å². The first-order valence-corrected chi connectivity index (χ1v) is 9.80. The largest absolute Gasteiger partial charge is 0.493 e. The summed E-state index contributed by atoms with van der Waals surface area (Å²) in [6.45, 7) is 6.05. The number of carbonyl (C=O) groups is 1. The van der Waals surface area contributed by atoms with Crippen molar-refractivity contribution in [2.75, 3.05) is 20.8 Å². The van der Waals surface area contributed by atoms with E-state index in [0.717, 1.165) is 16.7 Å². The molecule has 158 valence electrons. The molecule has 3 aromatic rings. The Balaban J connectivity index is 1.72. The Morgan fingerprint density at radius 1 is 1.03 bits per heavy atom. The third-order valence-corrected chi connectivity index (χ3v) is 5.21. The second kappa shape index (κ2) is 8.98. The molecule has 0 spiro atoms. The Hall–Kier alpha value is -3.35. The van der Waals surface area contributed by atoms with Gasteiger partial charge >= 0.3 is 0 Å². The molecule has 0 saturated heterocycles. The summed E-state index contributed by atoms with van der Waals surface area (Å²) < 4.78 is 12.0. The van der Waals surface area contributed by atoms with Crippen LogP contribution >= 0.6 is 0 Å². The third-order valence-electron chi connectivity index (χ3n) is 5.21. The van der Waals surface area contributed by atoms with E-state index in [0.29, 0.717) is 41.2 Å². The van der Waals surface area contributed by atoms with Crippen LogP contribution in [0.15, 0.2) is 35.1 Å². The van der Waals surface area contributed by atoms with Gasteiger partial charge in [0.15, 0.2) is 11.5 Å². The van der Waals surface area contributed by atoms with E-state index < -0.39 is 0 Å². The molecule has 7 heteroatoms. The third kappa shape index (κ3) is 4.45. The van der Waals surface area contributed by atoms with E-state index in [1.165, 1.54) is 4.57 Å². The lowest BCUT2D eigenvalue weighted by Gasteiger charge is -2.13. The monoisotopic (exact) mass is 409 g/mol. The van der Waals surface area contributed by atoms with Gasteiger partial charge in [-0.15, -0.1) is 0 Å². The van der Waals surface area contributed by atoms with Crippen molar-refractivity contribution in [2.24, 2.45) is 0 Å². The molecule has 1 N–H and O–H groups in total. The van der Waals surface area contributed by atoms with Crippen molar-refractivity contribution in [3.05, 3.63) is 63.1 Å². The van der Waals surface area contributed by atoms with Gasteiger partial charge < -0.3 is 14.8 Å². The number of hydrogen-bond donors (Lipinski definition) is 1. The molecule has 0 aliphatic carbocycles. The van der Waals surface area contributed by atoms with Crippen molar-refractivity contribution in [3.63, 3.8) is 0 Å². The summed E-state index contributed by atoms with van der Waals surface area (Å²) in [5.74, 6) is 1.09. The van der Waals surface area contributed by atoms with Crippen molar-refractivity contribution < 1.29 is 14.3 Å². The molecule has 3 rings (SSSR count). The standard InChI is InChI=1S/C23H27N3O4/c1-14-10-18-19(11-15(14)2)26(23(28)16(3)25-18)13-22(27)24-9-8-17-6-7-20(29-4)21(12-17)30-5/h6-7,10-12H,8-9,13H2,1-5H3,(H,24,27). The number of nitrogens with zero attached hydrogens (tertiary/aromatic N) is 2. The van der Waals surface area contributed by atoms with E-state index in [1.807, 2.05) is 44.2 Å². The Morgan fingerprint density at radius 2 is 1.73 bits per heavy atom. The van der Waals surface area contributed by atoms with Crippen molar-refractivity contribution in [3.8, 4) is 11.5 Å². The Kier molecular flexibility index (Phi) is 6.40. The highest BCUT2D eigenvalue weighted by Crippen LogP contribution is 2.27. The predicted molar refractivity (Wildman–Crippen MR) is 116 cm³/mol. The molecule has 30 heavy (non-hydrogen) atoms. The summed E-state index contributed by atoms with van der Waals surface area (Å²) in [5, 5.41) is 2.89. The first-order valence-electron chi connectivity index (χ1n) is 9.80. The minimum absolute atomic E-state index is 0.0485. The van der Waals surface area contributed by atoms with E-state index in [9.17, 15) is 9.59 Å². The fourth-order valence-electron chi connectivity index (χ4n) is 3.36. The molecule has 0 radical (unpaired) electrons. The molecular weight excluding hydrogens is 382 g/mol. The van der Waals surface area contributed by atoms with Crippen LogP contribution in [0, 0.1) is 20.8 Å². The maximum atomic E-state index is 12.6. The highest BCUT2D eigenvalue weighted by atomic mass is 16.5. The van der Waals surface area contributed by atoms with Gasteiger partial charge in [0.2, 0.25) is 5.91 Å². The van der Waals surface area contributed by atoms with Gasteiger partial charge in [0, 0.05) is 6.54 Å². The van der Waals surface area contributed by atoms with Gasteiger partial charge in [0.1, 0.15) is 12.2 Å². The van der Waals surface area contributed by atoms with Gasteiger partial charge in [0.05, 0.1) is 25.3 Å². The molecular formula is C23H27N3O4. The molecule has 0 bridgehead atoms. The molecule has 1 heterocycles. The number of amides is 1. The maximum absolute atomic E-state index is 12.6. The molecule has 0 saturated carbocycles. The average Bonchev–Trinajstić information content (AvgIpc) is 2.73. The minimum atomic E-state index is -0.249. The topological polar surface area (TPSA) is 82.5 Å². The maximum Gasteiger partial charge on any atom is 0.272 e. The van der Waals surface area contributed by atoms with Crippen molar-refractivity contribution in [1.29, 1.82) is 0 Å². The number of nitrogens with one attached hydrogen (secondary N) is 1. The zero-order valence-corrected chi connectivity index (χ0v) is 18.0. The quantitative estimate of drug-likeness (QED) is 0.649. The fourth-order valence-corrected chi connectivity index (χ4v) is 3.36. The van der Waals surface area contributed by atoms with E-state index in [2.05, 4.69) is 10.3 Å². The van der Waals surface area contributed by atoms with Gasteiger partial charge in [-0.1, -0.05) is 6.07 Å². The smallest absolute Gasteiger partial charge is 0.272 e. The predicted octanol–water partition coefficient (Wildman–Crippen LogP) is 2.70. The summed E-state index contributed by atoms with van der Waals surface area (Å²) in [6.07, 6.45) is 0.634. The molecule has 2 aromatic carbocycles. The van der Waals surface area contributed by atoms with Gasteiger partial charge in [-0.3, -0.25) is 14.2 Å². The number of aromatic nitrogens is 2. The van der Waals surface area contributed by atoms with Crippen LogP contribution in [0.25, 0.3) is 11.0 Å². The molecule has 0 unspecified atom stereocenters. The molecule has 0 fully saturated rings. The Bertz CT molecular complexity index is 1150. The molecule has 1 aromatic heterocycles. The first kappa shape index (κ1) is 21.4. The average molecular weight is 409 g/mol. The summed E-state index contributed by atoms with van der Waals surface area (Å²) in [6, 6.07) is 9.52. The summed E-state index contributed by atoms with van der Waals surface area (Å²) >= 11 is 0. The van der Waals surface area contributed by atoms with Gasteiger partial charge in [-0.25, -0.2) is 4.98 Å². The van der Waals surface area contributed by atoms with Crippen LogP contribution in [-0.4, -0.2) is 36.2 Å². The fraction of sp³-hybridized carbons (Fsp3) is 0.348. The summed E-state index contributed by atoms with van der Waals surface area (Å²) in [7, 11) is 3.18. The van der Waals surface area contributed by atoms with Crippen LogP contribution in [0.4, 0.5) is 0 Å². The lowest BCUT2D eigenvalue weighted by molar-refractivity contribution is -0.121.